The topological polar surface area (TPSA) is 53.6 Å². The first-order valence-corrected chi connectivity index (χ1v) is 11.1. The molecule has 1 amide bonds. The largest absolute Gasteiger partial charge is 0.379 e. The second kappa shape index (κ2) is 8.34. The highest BCUT2D eigenvalue weighted by Crippen LogP contribution is 2.38. The molecular formula is C21H36FN3O2. The zero-order valence-electron chi connectivity index (χ0n) is 16.8. The van der Waals surface area contributed by atoms with Crippen molar-refractivity contribution in [3.8, 4) is 0 Å². The molecule has 4 aliphatic rings. The van der Waals surface area contributed by atoms with Crippen molar-refractivity contribution < 1.29 is 13.9 Å². The molecule has 2 saturated heterocycles. The number of hydrogen-bond donors (Lipinski definition) is 2. The Bertz CT molecular complexity index is 516. The molecule has 2 saturated carbocycles. The number of carbonyl (C=O) groups excluding carboxylic acids is 1. The Kier molecular flexibility index (Phi) is 6.05. The fraction of sp³-hybridized carbons (Fsp3) is 0.952. The van der Waals surface area contributed by atoms with Crippen molar-refractivity contribution in [2.75, 3.05) is 19.8 Å². The summed E-state index contributed by atoms with van der Waals surface area (Å²) in [6.45, 7) is 7.04. The molecule has 0 aromatic carbocycles. The molecule has 0 bridgehead atoms. The van der Waals surface area contributed by atoms with Crippen LogP contribution < -0.4 is 10.6 Å². The maximum absolute atomic E-state index is 14.3. The van der Waals surface area contributed by atoms with E-state index in [1.807, 2.05) is 0 Å². The summed E-state index contributed by atoms with van der Waals surface area (Å²) in [6, 6.07) is 1.19. The Hall–Kier alpha value is -0.720. The predicted molar refractivity (Wildman–Crippen MR) is 103 cm³/mol. The second-order valence-corrected chi connectivity index (χ2v) is 9.40. The number of ether oxygens (including phenoxy) is 1. The minimum atomic E-state index is -0.752. The number of nitrogens with zero attached hydrogens (tertiary/aromatic N) is 1. The minimum absolute atomic E-state index is 0.0119. The van der Waals surface area contributed by atoms with Crippen molar-refractivity contribution in [2.24, 2.45) is 11.8 Å². The molecule has 5 nitrogen and oxygen atoms in total. The Labute approximate surface area is 162 Å². The van der Waals surface area contributed by atoms with E-state index in [4.69, 9.17) is 4.74 Å². The van der Waals surface area contributed by atoms with Crippen LogP contribution in [0.3, 0.4) is 0 Å². The lowest BCUT2D eigenvalue weighted by molar-refractivity contribution is -0.124. The lowest BCUT2D eigenvalue weighted by Gasteiger charge is -2.43. The number of morpholine rings is 1. The summed E-state index contributed by atoms with van der Waals surface area (Å²) < 4.78 is 19.9. The molecule has 2 heterocycles. The summed E-state index contributed by atoms with van der Waals surface area (Å²) in [5.74, 6) is 0.559. The van der Waals surface area contributed by atoms with Crippen molar-refractivity contribution in [3.63, 3.8) is 0 Å². The van der Waals surface area contributed by atoms with Gasteiger partial charge in [-0.3, -0.25) is 9.69 Å². The molecule has 2 N–H and O–H groups in total. The maximum atomic E-state index is 14.3. The van der Waals surface area contributed by atoms with Crippen LogP contribution in [0.15, 0.2) is 0 Å². The first kappa shape index (κ1) is 19.6. The molecule has 0 spiro atoms. The van der Waals surface area contributed by atoms with Crippen LogP contribution >= 0.6 is 0 Å². The van der Waals surface area contributed by atoms with Gasteiger partial charge in [0.05, 0.1) is 19.3 Å². The lowest BCUT2D eigenvalue weighted by Crippen LogP contribution is -2.54. The van der Waals surface area contributed by atoms with E-state index in [9.17, 15) is 9.18 Å². The summed E-state index contributed by atoms with van der Waals surface area (Å²) in [5, 5.41) is 6.77. The molecule has 8 unspecified atom stereocenters. The molecule has 4 fully saturated rings. The Morgan fingerprint density at radius 1 is 1.19 bits per heavy atom. The number of amides is 1. The lowest BCUT2D eigenvalue weighted by atomic mass is 9.77. The van der Waals surface area contributed by atoms with Crippen LogP contribution in [0, 0.1) is 11.8 Å². The highest BCUT2D eigenvalue weighted by molar-refractivity contribution is 5.82. The van der Waals surface area contributed by atoms with Crippen LogP contribution in [0.2, 0.25) is 0 Å². The molecule has 2 aliphatic carbocycles. The van der Waals surface area contributed by atoms with E-state index in [2.05, 4.69) is 29.4 Å². The van der Waals surface area contributed by atoms with Gasteiger partial charge in [-0.2, -0.15) is 0 Å². The van der Waals surface area contributed by atoms with E-state index in [-0.39, 0.29) is 30.0 Å². The van der Waals surface area contributed by atoms with E-state index < -0.39 is 6.17 Å². The number of halogens is 1. The van der Waals surface area contributed by atoms with Crippen LogP contribution in [-0.4, -0.2) is 66.9 Å². The molecule has 0 radical (unpaired) electrons. The molecule has 8 atom stereocenters. The molecular weight excluding hydrogens is 345 g/mol. The molecule has 6 heteroatoms. The average Bonchev–Trinajstić information content (AvgIpc) is 3.12. The second-order valence-electron chi connectivity index (χ2n) is 9.40. The van der Waals surface area contributed by atoms with Gasteiger partial charge in [-0.25, -0.2) is 4.39 Å². The number of carbonyl (C=O) groups is 1. The minimum Gasteiger partial charge on any atom is -0.379 e. The molecule has 0 aromatic rings. The summed E-state index contributed by atoms with van der Waals surface area (Å²) in [4.78, 5) is 15.5. The number of rotatable bonds is 3. The predicted octanol–water partition coefficient (Wildman–Crippen LogP) is 2.25. The van der Waals surface area contributed by atoms with Gasteiger partial charge >= 0.3 is 0 Å². The van der Waals surface area contributed by atoms with Gasteiger partial charge in [-0.05, 0) is 57.8 Å². The molecule has 2 aliphatic heterocycles. The summed E-state index contributed by atoms with van der Waals surface area (Å²) in [7, 11) is 0. The first-order chi connectivity index (χ1) is 13.0. The third-order valence-electron chi connectivity index (χ3n) is 7.54. The van der Waals surface area contributed by atoms with Crippen molar-refractivity contribution in [3.05, 3.63) is 0 Å². The van der Waals surface area contributed by atoms with Crippen LogP contribution in [0.25, 0.3) is 0 Å². The van der Waals surface area contributed by atoms with E-state index >= 15 is 0 Å². The van der Waals surface area contributed by atoms with Crippen LogP contribution in [-0.2, 0) is 9.53 Å². The molecule has 4 rings (SSSR count). The van der Waals surface area contributed by atoms with E-state index in [0.29, 0.717) is 30.8 Å². The summed E-state index contributed by atoms with van der Waals surface area (Å²) in [6.07, 6.45) is 5.93. The van der Waals surface area contributed by atoms with Crippen molar-refractivity contribution in [2.45, 2.75) is 95.2 Å². The normalized spacial score (nSPS) is 46.0. The van der Waals surface area contributed by atoms with Crippen LogP contribution in [0.1, 0.15) is 58.8 Å². The first-order valence-electron chi connectivity index (χ1n) is 11.1. The van der Waals surface area contributed by atoms with Gasteiger partial charge in [-0.15, -0.1) is 0 Å². The Morgan fingerprint density at radius 2 is 2.04 bits per heavy atom. The zero-order valence-corrected chi connectivity index (χ0v) is 16.8. The zero-order chi connectivity index (χ0) is 19.0. The van der Waals surface area contributed by atoms with Gasteiger partial charge in [0.15, 0.2) is 0 Å². The third kappa shape index (κ3) is 4.18. The molecule has 154 valence electrons. The fourth-order valence-corrected chi connectivity index (χ4v) is 5.98. The number of nitrogens with one attached hydrogen (secondary N) is 2. The quantitative estimate of drug-likeness (QED) is 0.787. The van der Waals surface area contributed by atoms with Gasteiger partial charge in [0.25, 0.3) is 0 Å². The van der Waals surface area contributed by atoms with E-state index in [0.717, 1.165) is 45.4 Å². The molecule has 0 aromatic heterocycles. The smallest absolute Gasteiger partial charge is 0.237 e. The monoisotopic (exact) mass is 381 g/mol. The summed E-state index contributed by atoms with van der Waals surface area (Å²) in [5.41, 5.74) is 0. The standard InChI is InChI=1S/C21H36FN3O2/c1-13-6-7-18(22)17-11-19(24-20(13)17)21(26)23-15-4-3-5-16(10-15)25-8-9-27-12-14(25)2/h13-20,24H,3-12H2,1-2H3,(H,23,26). The van der Waals surface area contributed by atoms with E-state index in [1.54, 1.807) is 0 Å². The van der Waals surface area contributed by atoms with Crippen molar-refractivity contribution in [1.29, 1.82) is 0 Å². The van der Waals surface area contributed by atoms with Crippen molar-refractivity contribution in [1.82, 2.24) is 15.5 Å². The van der Waals surface area contributed by atoms with Crippen LogP contribution in [0.4, 0.5) is 4.39 Å². The third-order valence-corrected chi connectivity index (χ3v) is 7.54. The summed E-state index contributed by atoms with van der Waals surface area (Å²) >= 11 is 0. The number of hydrogen-bond acceptors (Lipinski definition) is 4. The Morgan fingerprint density at radius 3 is 2.81 bits per heavy atom. The average molecular weight is 382 g/mol. The maximum Gasteiger partial charge on any atom is 0.237 e. The Balaban J connectivity index is 1.31. The van der Waals surface area contributed by atoms with Crippen LogP contribution in [0.5, 0.6) is 0 Å². The van der Waals surface area contributed by atoms with Gasteiger partial charge in [-0.1, -0.05) is 6.92 Å². The highest BCUT2D eigenvalue weighted by Gasteiger charge is 2.46. The van der Waals surface area contributed by atoms with Gasteiger partial charge < -0.3 is 15.4 Å². The van der Waals surface area contributed by atoms with Gasteiger partial charge in [0.2, 0.25) is 5.91 Å². The SMILES string of the molecule is CC1CCC(F)C2CC(C(=O)NC3CCCC(N4CCOCC4C)C3)NC12. The van der Waals surface area contributed by atoms with Gasteiger partial charge in [0.1, 0.15) is 6.17 Å². The number of fused-ring (bicyclic) bond motifs is 1. The molecule has 27 heavy (non-hydrogen) atoms. The number of alkyl halides is 1. The van der Waals surface area contributed by atoms with Crippen molar-refractivity contribution >= 4 is 5.91 Å². The van der Waals surface area contributed by atoms with Gasteiger partial charge in [0, 0.05) is 36.6 Å². The van der Waals surface area contributed by atoms with E-state index in [1.165, 1.54) is 6.42 Å². The fourth-order valence-electron chi connectivity index (χ4n) is 5.98. The highest BCUT2D eigenvalue weighted by atomic mass is 19.1.